The molecule has 4 rings (SSSR count). The highest BCUT2D eigenvalue weighted by Crippen LogP contribution is 2.32. The van der Waals surface area contributed by atoms with Crippen LogP contribution in [0.4, 0.5) is 23.4 Å². The number of nitrogens with one attached hydrogen (secondary N) is 1. The van der Waals surface area contributed by atoms with Gasteiger partial charge in [0.1, 0.15) is 17.2 Å². The summed E-state index contributed by atoms with van der Waals surface area (Å²) >= 11 is 5.86. The fraction of sp³-hybridized carbons (Fsp3) is 0.0909. The number of carbonyl (C=O) groups is 1. The van der Waals surface area contributed by atoms with E-state index < -0.39 is 17.9 Å². The number of carbonyl (C=O) groups excluding carboxylic acids is 1. The van der Waals surface area contributed by atoms with E-state index in [1.165, 1.54) is 34.9 Å². The minimum atomic E-state index is -4.82. The maximum Gasteiger partial charge on any atom is 0.573 e. The van der Waals surface area contributed by atoms with Gasteiger partial charge in [-0.2, -0.15) is 0 Å². The summed E-state index contributed by atoms with van der Waals surface area (Å²) in [6, 6.07) is 14.4. The molecule has 0 bridgehead atoms. The lowest BCUT2D eigenvalue weighted by atomic mass is 10.1. The van der Waals surface area contributed by atoms with Crippen LogP contribution in [0.1, 0.15) is 5.56 Å². The van der Waals surface area contributed by atoms with E-state index in [0.29, 0.717) is 21.9 Å². The summed E-state index contributed by atoms with van der Waals surface area (Å²) in [6.45, 7) is 0. The molecule has 0 saturated heterocycles. The second kappa shape index (κ2) is 8.51. The summed E-state index contributed by atoms with van der Waals surface area (Å²) in [5, 5.41) is 3.23. The number of hydrogen-bond acceptors (Lipinski definition) is 3. The molecule has 10 heteroatoms. The van der Waals surface area contributed by atoms with E-state index in [1.807, 2.05) is 0 Å². The fourth-order valence-electron chi connectivity index (χ4n) is 3.16. The zero-order chi connectivity index (χ0) is 22.9. The van der Waals surface area contributed by atoms with Crippen molar-refractivity contribution in [2.75, 3.05) is 5.32 Å². The number of rotatable bonds is 5. The predicted molar refractivity (Wildman–Crippen MR) is 111 cm³/mol. The lowest BCUT2D eigenvalue weighted by Gasteiger charge is -2.10. The summed E-state index contributed by atoms with van der Waals surface area (Å²) in [6.07, 6.45) is -3.61. The number of nitrogens with zero attached hydrogens (tertiary/aromatic N) is 2. The number of fused-ring (bicyclic) bond motifs is 1. The molecule has 164 valence electrons. The molecule has 2 aromatic carbocycles. The van der Waals surface area contributed by atoms with Crippen molar-refractivity contribution in [1.82, 2.24) is 9.38 Å². The van der Waals surface area contributed by atoms with Gasteiger partial charge in [-0.15, -0.1) is 13.2 Å². The largest absolute Gasteiger partial charge is 0.573 e. The van der Waals surface area contributed by atoms with Gasteiger partial charge in [0, 0.05) is 16.8 Å². The molecular weight excluding hydrogens is 450 g/mol. The molecule has 0 radical (unpaired) electrons. The van der Waals surface area contributed by atoms with Gasteiger partial charge in [0.2, 0.25) is 5.91 Å². The zero-order valence-electron chi connectivity index (χ0n) is 16.2. The van der Waals surface area contributed by atoms with Gasteiger partial charge in [-0.3, -0.25) is 9.20 Å². The molecule has 0 aliphatic rings. The van der Waals surface area contributed by atoms with E-state index in [2.05, 4.69) is 15.0 Å². The molecule has 0 unspecified atom stereocenters. The van der Waals surface area contributed by atoms with Gasteiger partial charge in [0.05, 0.1) is 12.1 Å². The molecule has 2 aromatic heterocycles. The number of pyridine rings is 1. The Labute approximate surface area is 184 Å². The van der Waals surface area contributed by atoms with Crippen LogP contribution >= 0.6 is 11.6 Å². The Morgan fingerprint density at radius 1 is 1.03 bits per heavy atom. The second-order valence-electron chi connectivity index (χ2n) is 6.81. The fourth-order valence-corrected chi connectivity index (χ4v) is 3.29. The first-order chi connectivity index (χ1) is 15.2. The van der Waals surface area contributed by atoms with E-state index in [1.54, 1.807) is 24.3 Å². The smallest absolute Gasteiger partial charge is 0.406 e. The molecule has 5 nitrogen and oxygen atoms in total. The van der Waals surface area contributed by atoms with Gasteiger partial charge < -0.3 is 10.1 Å². The van der Waals surface area contributed by atoms with Crippen LogP contribution in [0.5, 0.6) is 5.75 Å². The normalized spacial score (nSPS) is 11.5. The van der Waals surface area contributed by atoms with E-state index >= 15 is 0 Å². The van der Waals surface area contributed by atoms with Crippen molar-refractivity contribution in [2.45, 2.75) is 12.8 Å². The molecule has 0 atom stereocenters. The zero-order valence-corrected chi connectivity index (χ0v) is 16.9. The molecule has 4 aromatic rings. The Hall–Kier alpha value is -3.59. The minimum absolute atomic E-state index is 0.0389. The molecule has 0 saturated carbocycles. The summed E-state index contributed by atoms with van der Waals surface area (Å²) in [5.41, 5.74) is 1.78. The Morgan fingerprint density at radius 2 is 1.72 bits per heavy atom. The third-order valence-electron chi connectivity index (χ3n) is 4.48. The molecule has 0 aliphatic carbocycles. The number of imidazole rings is 1. The molecule has 1 N–H and O–H groups in total. The average Bonchev–Trinajstić information content (AvgIpc) is 3.06. The van der Waals surface area contributed by atoms with Crippen LogP contribution in [-0.4, -0.2) is 21.7 Å². The molecular formula is C22H14ClF4N3O2. The van der Waals surface area contributed by atoms with Crippen molar-refractivity contribution >= 4 is 29.0 Å². The molecule has 1 amide bonds. The van der Waals surface area contributed by atoms with E-state index in [-0.39, 0.29) is 18.1 Å². The van der Waals surface area contributed by atoms with Crippen LogP contribution in [0.25, 0.3) is 16.9 Å². The van der Waals surface area contributed by atoms with E-state index in [0.717, 1.165) is 17.7 Å². The topological polar surface area (TPSA) is 55.6 Å². The number of ether oxygens (including phenoxy) is 1. The predicted octanol–water partition coefficient (Wildman–Crippen LogP) is 5.87. The quantitative estimate of drug-likeness (QED) is 0.376. The first-order valence-corrected chi connectivity index (χ1v) is 9.64. The summed E-state index contributed by atoms with van der Waals surface area (Å²) in [4.78, 5) is 16.9. The molecule has 0 aliphatic heterocycles. The van der Waals surface area contributed by atoms with Crippen LogP contribution in [0.15, 0.2) is 66.9 Å². The number of amides is 1. The van der Waals surface area contributed by atoms with Crippen LogP contribution in [0, 0.1) is 5.82 Å². The SMILES string of the molecule is O=C(Cc1ccc(Cl)cc1)Nc1nc2ccc(F)cn2c1-c1ccc(OC(F)(F)F)cc1. The molecule has 2 heterocycles. The van der Waals surface area contributed by atoms with Gasteiger partial charge in [-0.25, -0.2) is 9.37 Å². The monoisotopic (exact) mass is 463 g/mol. The van der Waals surface area contributed by atoms with Crippen molar-refractivity contribution in [3.05, 3.63) is 83.3 Å². The van der Waals surface area contributed by atoms with Gasteiger partial charge >= 0.3 is 6.36 Å². The van der Waals surface area contributed by atoms with E-state index in [9.17, 15) is 22.4 Å². The summed E-state index contributed by atoms with van der Waals surface area (Å²) in [7, 11) is 0. The van der Waals surface area contributed by atoms with Gasteiger partial charge in [-0.05, 0) is 54.1 Å². The summed E-state index contributed by atoms with van der Waals surface area (Å²) in [5.74, 6) is -1.20. The highest BCUT2D eigenvalue weighted by molar-refractivity contribution is 6.30. The van der Waals surface area contributed by atoms with Crippen molar-refractivity contribution in [3.8, 4) is 17.0 Å². The van der Waals surface area contributed by atoms with Crippen LogP contribution in [0.2, 0.25) is 5.02 Å². The van der Waals surface area contributed by atoms with Crippen LogP contribution < -0.4 is 10.1 Å². The first kappa shape index (κ1) is 21.6. The van der Waals surface area contributed by atoms with Crippen molar-refractivity contribution in [1.29, 1.82) is 0 Å². The highest BCUT2D eigenvalue weighted by Gasteiger charge is 2.31. The Kier molecular flexibility index (Phi) is 5.75. The number of halogens is 5. The molecule has 32 heavy (non-hydrogen) atoms. The van der Waals surface area contributed by atoms with Crippen LogP contribution in [0.3, 0.4) is 0 Å². The van der Waals surface area contributed by atoms with Gasteiger partial charge in [0.15, 0.2) is 5.82 Å². The lowest BCUT2D eigenvalue weighted by molar-refractivity contribution is -0.274. The maximum absolute atomic E-state index is 13.9. The van der Waals surface area contributed by atoms with Gasteiger partial charge in [0.25, 0.3) is 0 Å². The number of hydrogen-bond donors (Lipinski definition) is 1. The standard InChI is InChI=1S/C22H14ClF4N3O2/c23-15-5-1-13(2-6-15)11-19(31)29-21-20(30-12-16(24)7-10-18(30)28-21)14-3-8-17(9-4-14)32-22(25,26)27/h1-10,12H,11H2,(H,29,31). The Balaban J connectivity index is 1.67. The van der Waals surface area contributed by atoms with Crippen molar-refractivity contribution < 1.29 is 27.1 Å². The summed E-state index contributed by atoms with van der Waals surface area (Å²) < 4.78 is 56.5. The second-order valence-corrected chi connectivity index (χ2v) is 7.24. The van der Waals surface area contributed by atoms with Crippen LogP contribution in [-0.2, 0) is 11.2 Å². The van der Waals surface area contributed by atoms with Crippen molar-refractivity contribution in [3.63, 3.8) is 0 Å². The molecule has 0 spiro atoms. The van der Waals surface area contributed by atoms with Crippen molar-refractivity contribution in [2.24, 2.45) is 0 Å². The average molecular weight is 464 g/mol. The maximum atomic E-state index is 13.9. The third kappa shape index (κ3) is 5.00. The lowest BCUT2D eigenvalue weighted by Crippen LogP contribution is -2.17. The Bertz CT molecular complexity index is 1270. The number of anilines is 1. The third-order valence-corrected chi connectivity index (χ3v) is 4.73. The van der Waals surface area contributed by atoms with Gasteiger partial charge in [-0.1, -0.05) is 23.7 Å². The first-order valence-electron chi connectivity index (χ1n) is 9.26. The number of benzene rings is 2. The molecule has 0 fully saturated rings. The Morgan fingerprint density at radius 3 is 2.38 bits per heavy atom. The van der Waals surface area contributed by atoms with E-state index in [4.69, 9.17) is 11.6 Å². The highest BCUT2D eigenvalue weighted by atomic mass is 35.5. The number of alkyl halides is 3. The number of aromatic nitrogens is 2. The minimum Gasteiger partial charge on any atom is -0.406 e.